The monoisotopic (exact) mass is 316 g/mol. The first-order valence-electron chi connectivity index (χ1n) is 7.48. The Bertz CT molecular complexity index is 411. The Morgan fingerprint density at radius 2 is 1.64 bits per heavy atom. The Balaban J connectivity index is 2.44. The lowest BCUT2D eigenvalue weighted by atomic mass is 10.2. The van der Waals surface area contributed by atoms with Crippen LogP contribution in [0.25, 0.3) is 0 Å². The van der Waals surface area contributed by atoms with E-state index >= 15 is 0 Å². The number of hydrogen-bond acceptors (Lipinski definition) is 6. The molecule has 7 nitrogen and oxygen atoms in total. The maximum absolute atomic E-state index is 12.0. The lowest BCUT2D eigenvalue weighted by Gasteiger charge is -2.24. The average molecular weight is 316 g/mol. The number of amides is 1. The summed E-state index contributed by atoms with van der Waals surface area (Å²) >= 11 is 0. The number of carbonyl (C=O) groups excluding carboxylic acids is 2. The van der Waals surface area contributed by atoms with Gasteiger partial charge in [0, 0.05) is 6.54 Å². The third-order valence-corrected chi connectivity index (χ3v) is 2.87. The number of carbonyl (C=O) groups is 2. The van der Waals surface area contributed by atoms with Crippen LogP contribution in [-0.2, 0) is 14.3 Å². The van der Waals surface area contributed by atoms with Crippen LogP contribution in [0, 0.1) is 0 Å². The van der Waals surface area contributed by atoms with Gasteiger partial charge in [-0.3, -0.25) is 10.1 Å². The van der Waals surface area contributed by atoms with Crippen molar-refractivity contribution in [1.29, 1.82) is 0 Å². The minimum Gasteiger partial charge on any atom is -0.459 e. The molecule has 0 aliphatic carbocycles. The van der Waals surface area contributed by atoms with Crippen molar-refractivity contribution in [3.05, 3.63) is 0 Å². The van der Waals surface area contributed by atoms with Crippen molar-refractivity contribution in [2.75, 3.05) is 19.6 Å². The van der Waals surface area contributed by atoms with Crippen molar-refractivity contribution < 1.29 is 24.2 Å². The molecule has 1 heterocycles. The summed E-state index contributed by atoms with van der Waals surface area (Å²) in [6.45, 7) is 11.2. The standard InChI is InChI=1S/C15H28N2O5/c1-14(2,3)21-12(19)7-16-10-8-17(9-11(10)18)13(20)22-15(4,5)6/h10-11,16,18H,7-9H2,1-6H3. The van der Waals surface area contributed by atoms with Gasteiger partial charge in [0.1, 0.15) is 11.2 Å². The maximum atomic E-state index is 12.0. The molecule has 0 aromatic carbocycles. The number of ether oxygens (including phenoxy) is 2. The number of hydrogen-bond donors (Lipinski definition) is 2. The zero-order valence-electron chi connectivity index (χ0n) is 14.3. The lowest BCUT2D eigenvalue weighted by Crippen LogP contribution is -2.43. The highest BCUT2D eigenvalue weighted by molar-refractivity contribution is 5.72. The van der Waals surface area contributed by atoms with E-state index in [-0.39, 0.29) is 19.1 Å². The number of esters is 1. The van der Waals surface area contributed by atoms with E-state index in [1.54, 1.807) is 41.5 Å². The highest BCUT2D eigenvalue weighted by atomic mass is 16.6. The number of β-amino-alcohol motifs (C(OH)–C–C–N with tert-alkyl or cyclic N) is 1. The minimum absolute atomic E-state index is 0.0127. The zero-order valence-corrected chi connectivity index (χ0v) is 14.3. The van der Waals surface area contributed by atoms with Gasteiger partial charge in [0.2, 0.25) is 0 Å². The van der Waals surface area contributed by atoms with Gasteiger partial charge < -0.3 is 19.5 Å². The number of rotatable bonds is 3. The van der Waals surface area contributed by atoms with E-state index in [1.807, 2.05) is 0 Å². The minimum atomic E-state index is -0.741. The Morgan fingerprint density at radius 1 is 1.09 bits per heavy atom. The van der Waals surface area contributed by atoms with Crippen LogP contribution >= 0.6 is 0 Å². The summed E-state index contributed by atoms with van der Waals surface area (Å²) in [5, 5.41) is 12.9. The molecule has 1 aliphatic heterocycles. The smallest absolute Gasteiger partial charge is 0.410 e. The van der Waals surface area contributed by atoms with Crippen molar-refractivity contribution in [1.82, 2.24) is 10.2 Å². The van der Waals surface area contributed by atoms with Crippen molar-refractivity contribution in [3.63, 3.8) is 0 Å². The molecule has 0 aromatic rings. The molecule has 1 saturated heterocycles. The summed E-state index contributed by atoms with van der Waals surface area (Å²) in [5.74, 6) is -0.393. The molecule has 0 aromatic heterocycles. The van der Waals surface area contributed by atoms with Gasteiger partial charge >= 0.3 is 12.1 Å². The van der Waals surface area contributed by atoms with Crippen LogP contribution in [-0.4, -0.2) is 65.1 Å². The number of likely N-dealkylation sites (tertiary alicyclic amines) is 1. The van der Waals surface area contributed by atoms with Gasteiger partial charge in [-0.2, -0.15) is 0 Å². The van der Waals surface area contributed by atoms with Gasteiger partial charge in [0.25, 0.3) is 0 Å². The largest absolute Gasteiger partial charge is 0.459 e. The van der Waals surface area contributed by atoms with E-state index in [9.17, 15) is 14.7 Å². The lowest BCUT2D eigenvalue weighted by molar-refractivity contribution is -0.153. The van der Waals surface area contributed by atoms with Gasteiger partial charge in [-0.25, -0.2) is 4.79 Å². The fourth-order valence-corrected chi connectivity index (χ4v) is 2.05. The molecule has 0 bridgehead atoms. The number of aliphatic hydroxyl groups excluding tert-OH is 1. The molecule has 7 heteroatoms. The second kappa shape index (κ2) is 6.83. The van der Waals surface area contributed by atoms with Crippen LogP contribution in [0.15, 0.2) is 0 Å². The van der Waals surface area contributed by atoms with E-state index in [2.05, 4.69) is 5.32 Å². The summed E-state index contributed by atoms with van der Waals surface area (Å²) < 4.78 is 10.5. The highest BCUT2D eigenvalue weighted by Gasteiger charge is 2.36. The van der Waals surface area contributed by atoms with E-state index in [0.717, 1.165) is 0 Å². The van der Waals surface area contributed by atoms with E-state index in [0.29, 0.717) is 6.54 Å². The average Bonchev–Trinajstić information content (AvgIpc) is 2.63. The third kappa shape index (κ3) is 6.62. The molecule has 1 aliphatic rings. The van der Waals surface area contributed by atoms with E-state index < -0.39 is 29.4 Å². The molecular formula is C15H28N2O5. The Morgan fingerprint density at radius 3 is 2.14 bits per heavy atom. The summed E-state index contributed by atoms with van der Waals surface area (Å²) in [6.07, 6.45) is -1.21. The molecule has 22 heavy (non-hydrogen) atoms. The quantitative estimate of drug-likeness (QED) is 0.752. The maximum Gasteiger partial charge on any atom is 0.410 e. The molecule has 128 valence electrons. The molecule has 1 rings (SSSR count). The Hall–Kier alpha value is -1.34. The first-order chi connectivity index (χ1) is 9.87. The molecule has 0 radical (unpaired) electrons. The van der Waals surface area contributed by atoms with Crippen molar-refractivity contribution in [2.45, 2.75) is 64.9 Å². The second-order valence-corrected chi connectivity index (χ2v) is 7.53. The first-order valence-corrected chi connectivity index (χ1v) is 7.48. The van der Waals surface area contributed by atoms with Gasteiger partial charge in [-0.15, -0.1) is 0 Å². The Kier molecular flexibility index (Phi) is 5.81. The summed E-state index contributed by atoms with van der Waals surface area (Å²) in [4.78, 5) is 25.0. The molecule has 1 fully saturated rings. The van der Waals surface area contributed by atoms with Crippen molar-refractivity contribution in [2.24, 2.45) is 0 Å². The van der Waals surface area contributed by atoms with Gasteiger partial charge in [-0.1, -0.05) is 0 Å². The van der Waals surface area contributed by atoms with E-state index in [4.69, 9.17) is 9.47 Å². The van der Waals surface area contributed by atoms with Crippen molar-refractivity contribution in [3.8, 4) is 0 Å². The molecule has 0 spiro atoms. The van der Waals surface area contributed by atoms with Gasteiger partial charge in [-0.05, 0) is 41.5 Å². The van der Waals surface area contributed by atoms with Crippen LogP contribution < -0.4 is 5.32 Å². The van der Waals surface area contributed by atoms with Crippen LogP contribution in [0.2, 0.25) is 0 Å². The molecular weight excluding hydrogens is 288 g/mol. The third-order valence-electron chi connectivity index (χ3n) is 2.87. The SMILES string of the molecule is CC(C)(C)OC(=O)CNC1CN(C(=O)OC(C)(C)C)CC1O. The molecule has 1 amide bonds. The molecule has 0 saturated carbocycles. The topological polar surface area (TPSA) is 88.1 Å². The van der Waals surface area contributed by atoms with Crippen LogP contribution in [0.1, 0.15) is 41.5 Å². The Labute approximate surface area is 131 Å². The second-order valence-electron chi connectivity index (χ2n) is 7.53. The fourth-order valence-electron chi connectivity index (χ4n) is 2.05. The molecule has 2 N–H and O–H groups in total. The predicted octanol–water partition coefficient (Wildman–Crippen LogP) is 0.898. The first kappa shape index (κ1) is 18.7. The molecule has 2 atom stereocenters. The normalized spacial score (nSPS) is 22.6. The van der Waals surface area contributed by atoms with Crippen LogP contribution in [0.4, 0.5) is 4.79 Å². The highest BCUT2D eigenvalue weighted by Crippen LogP contribution is 2.16. The van der Waals surface area contributed by atoms with Gasteiger partial charge in [0.05, 0.1) is 25.2 Å². The van der Waals surface area contributed by atoms with Crippen LogP contribution in [0.3, 0.4) is 0 Å². The summed E-state index contributed by atoms with van der Waals surface area (Å²) in [6, 6.07) is -0.375. The number of nitrogens with one attached hydrogen (secondary N) is 1. The van der Waals surface area contributed by atoms with E-state index in [1.165, 1.54) is 4.90 Å². The summed E-state index contributed by atoms with van der Waals surface area (Å²) in [7, 11) is 0. The number of nitrogens with zero attached hydrogens (tertiary/aromatic N) is 1. The van der Waals surface area contributed by atoms with Crippen LogP contribution in [0.5, 0.6) is 0 Å². The summed E-state index contributed by atoms with van der Waals surface area (Å²) in [5.41, 5.74) is -1.13. The predicted molar refractivity (Wildman–Crippen MR) is 81.4 cm³/mol. The zero-order chi connectivity index (χ0) is 17.1. The fraction of sp³-hybridized carbons (Fsp3) is 0.867. The van der Waals surface area contributed by atoms with Gasteiger partial charge in [0.15, 0.2) is 0 Å². The number of aliphatic hydroxyl groups is 1. The van der Waals surface area contributed by atoms with Crippen molar-refractivity contribution >= 4 is 12.1 Å². The molecule has 2 unspecified atom stereocenters.